The lowest BCUT2D eigenvalue weighted by Crippen LogP contribution is -2.07. The minimum atomic E-state index is -0.365. The van der Waals surface area contributed by atoms with Crippen LogP contribution in [0.2, 0.25) is 0 Å². The van der Waals surface area contributed by atoms with Gasteiger partial charge in [-0.25, -0.2) is 4.39 Å². The first kappa shape index (κ1) is 13.5. The molecule has 5 heteroatoms. The van der Waals surface area contributed by atoms with Crippen LogP contribution >= 0.6 is 0 Å². The standard InChI is InChI=1S/C14H18FN3O/c1-9-13(10(2)18(4)17-9)19-14-11(8-16-3)6-5-7-12(14)15/h5-7,16H,8H2,1-4H3. The summed E-state index contributed by atoms with van der Waals surface area (Å²) in [5, 5.41) is 7.27. The van der Waals surface area contributed by atoms with Gasteiger partial charge in [0.25, 0.3) is 0 Å². The van der Waals surface area contributed by atoms with E-state index in [1.54, 1.807) is 10.7 Å². The van der Waals surface area contributed by atoms with Crippen molar-refractivity contribution in [2.75, 3.05) is 7.05 Å². The summed E-state index contributed by atoms with van der Waals surface area (Å²) in [7, 11) is 3.65. The molecule has 0 amide bonds. The second-order valence-corrected chi connectivity index (χ2v) is 4.48. The van der Waals surface area contributed by atoms with Gasteiger partial charge in [0.05, 0.1) is 5.69 Å². The summed E-state index contributed by atoms with van der Waals surface area (Å²) in [6, 6.07) is 4.92. The molecule has 0 saturated carbocycles. The summed E-state index contributed by atoms with van der Waals surface area (Å²) in [5.41, 5.74) is 2.40. The van der Waals surface area contributed by atoms with Crippen LogP contribution in [0, 0.1) is 19.7 Å². The maximum absolute atomic E-state index is 13.9. The average Bonchev–Trinajstić information content (AvgIpc) is 2.60. The maximum Gasteiger partial charge on any atom is 0.171 e. The predicted octanol–water partition coefficient (Wildman–Crippen LogP) is 2.69. The third kappa shape index (κ3) is 2.61. The summed E-state index contributed by atoms with van der Waals surface area (Å²) in [4.78, 5) is 0. The lowest BCUT2D eigenvalue weighted by Gasteiger charge is -2.12. The molecule has 4 nitrogen and oxygen atoms in total. The van der Waals surface area contributed by atoms with Crippen LogP contribution in [-0.4, -0.2) is 16.8 Å². The molecular weight excluding hydrogens is 245 g/mol. The molecule has 0 fully saturated rings. The van der Waals surface area contributed by atoms with Gasteiger partial charge in [0, 0.05) is 19.2 Å². The van der Waals surface area contributed by atoms with Crippen LogP contribution < -0.4 is 10.1 Å². The van der Waals surface area contributed by atoms with Crippen LogP contribution in [0.1, 0.15) is 17.0 Å². The van der Waals surface area contributed by atoms with Gasteiger partial charge in [0.2, 0.25) is 0 Å². The third-order valence-corrected chi connectivity index (χ3v) is 3.06. The van der Waals surface area contributed by atoms with Gasteiger partial charge in [-0.3, -0.25) is 4.68 Å². The molecule has 0 aliphatic heterocycles. The van der Waals surface area contributed by atoms with Gasteiger partial charge in [-0.2, -0.15) is 5.10 Å². The zero-order chi connectivity index (χ0) is 14.0. The number of halogens is 1. The molecule has 0 aliphatic carbocycles. The lowest BCUT2D eigenvalue weighted by atomic mass is 10.2. The first-order valence-electron chi connectivity index (χ1n) is 6.14. The Morgan fingerprint density at radius 2 is 2.05 bits per heavy atom. The normalized spacial score (nSPS) is 10.8. The van der Waals surface area contributed by atoms with Crippen LogP contribution in [-0.2, 0) is 13.6 Å². The SMILES string of the molecule is CNCc1cccc(F)c1Oc1c(C)nn(C)c1C. The number of benzene rings is 1. The van der Waals surface area contributed by atoms with Crippen molar-refractivity contribution >= 4 is 0 Å². The quantitative estimate of drug-likeness (QED) is 0.921. The fourth-order valence-corrected chi connectivity index (χ4v) is 2.00. The van der Waals surface area contributed by atoms with E-state index in [0.717, 1.165) is 17.0 Å². The minimum Gasteiger partial charge on any atom is -0.450 e. The smallest absolute Gasteiger partial charge is 0.171 e. The average molecular weight is 263 g/mol. The highest BCUT2D eigenvalue weighted by Gasteiger charge is 2.16. The number of aryl methyl sites for hydroxylation is 2. The van der Waals surface area contributed by atoms with E-state index < -0.39 is 0 Å². The Bertz CT molecular complexity index is 593. The van der Waals surface area contributed by atoms with Gasteiger partial charge in [0.15, 0.2) is 17.3 Å². The van der Waals surface area contributed by atoms with Crippen molar-refractivity contribution in [1.29, 1.82) is 0 Å². The Hall–Kier alpha value is -1.88. The van der Waals surface area contributed by atoms with Crippen molar-refractivity contribution in [3.8, 4) is 11.5 Å². The van der Waals surface area contributed by atoms with Crippen molar-refractivity contribution < 1.29 is 9.13 Å². The van der Waals surface area contributed by atoms with Gasteiger partial charge < -0.3 is 10.1 Å². The van der Waals surface area contributed by atoms with E-state index in [4.69, 9.17) is 4.74 Å². The molecule has 2 aromatic rings. The molecule has 0 radical (unpaired) electrons. The number of aromatic nitrogens is 2. The summed E-state index contributed by atoms with van der Waals surface area (Å²) < 4.78 is 21.5. The number of para-hydroxylation sites is 1. The van der Waals surface area contributed by atoms with E-state index in [-0.39, 0.29) is 11.6 Å². The number of nitrogens with one attached hydrogen (secondary N) is 1. The Morgan fingerprint density at radius 3 is 2.63 bits per heavy atom. The van der Waals surface area contributed by atoms with Gasteiger partial charge >= 0.3 is 0 Å². The Morgan fingerprint density at radius 1 is 1.32 bits per heavy atom. The Labute approximate surface area is 112 Å². The van der Waals surface area contributed by atoms with Crippen LogP contribution in [0.4, 0.5) is 4.39 Å². The van der Waals surface area contributed by atoms with E-state index in [0.29, 0.717) is 12.3 Å². The third-order valence-electron chi connectivity index (χ3n) is 3.06. The van der Waals surface area contributed by atoms with Crippen LogP contribution in [0.5, 0.6) is 11.5 Å². The molecule has 1 N–H and O–H groups in total. The number of nitrogens with zero attached hydrogens (tertiary/aromatic N) is 2. The van der Waals surface area contributed by atoms with Crippen molar-refractivity contribution in [3.63, 3.8) is 0 Å². The van der Waals surface area contributed by atoms with Crippen LogP contribution in [0.15, 0.2) is 18.2 Å². The number of hydrogen-bond acceptors (Lipinski definition) is 3. The summed E-state index contributed by atoms with van der Waals surface area (Å²) in [6.07, 6.45) is 0. The van der Waals surface area contributed by atoms with Gasteiger partial charge in [0.1, 0.15) is 5.69 Å². The van der Waals surface area contributed by atoms with Gasteiger partial charge in [-0.05, 0) is 27.0 Å². The zero-order valence-corrected chi connectivity index (χ0v) is 11.6. The lowest BCUT2D eigenvalue weighted by molar-refractivity contribution is 0.429. The summed E-state index contributed by atoms with van der Waals surface area (Å²) >= 11 is 0. The molecule has 1 aromatic heterocycles. The van der Waals surface area contributed by atoms with E-state index in [1.165, 1.54) is 6.07 Å². The first-order valence-corrected chi connectivity index (χ1v) is 6.14. The van der Waals surface area contributed by atoms with Crippen molar-refractivity contribution in [2.24, 2.45) is 7.05 Å². The molecule has 1 aromatic carbocycles. The Balaban J connectivity index is 2.42. The Kier molecular flexibility index (Phi) is 3.85. The molecule has 2 rings (SSSR count). The summed E-state index contributed by atoms with van der Waals surface area (Å²) in [6.45, 7) is 4.29. The molecule has 102 valence electrons. The molecule has 0 unspecified atom stereocenters. The molecule has 0 atom stereocenters. The topological polar surface area (TPSA) is 39.1 Å². The van der Waals surface area contributed by atoms with E-state index in [9.17, 15) is 4.39 Å². The van der Waals surface area contributed by atoms with Gasteiger partial charge in [-0.15, -0.1) is 0 Å². The second-order valence-electron chi connectivity index (χ2n) is 4.48. The highest BCUT2D eigenvalue weighted by atomic mass is 19.1. The fraction of sp³-hybridized carbons (Fsp3) is 0.357. The molecule has 1 heterocycles. The predicted molar refractivity (Wildman–Crippen MR) is 71.9 cm³/mol. The molecule has 0 saturated heterocycles. The van der Waals surface area contributed by atoms with Crippen molar-refractivity contribution in [2.45, 2.75) is 20.4 Å². The zero-order valence-electron chi connectivity index (χ0n) is 11.6. The monoisotopic (exact) mass is 263 g/mol. The van der Waals surface area contributed by atoms with Gasteiger partial charge in [-0.1, -0.05) is 12.1 Å². The van der Waals surface area contributed by atoms with Crippen molar-refractivity contribution in [1.82, 2.24) is 15.1 Å². The van der Waals surface area contributed by atoms with E-state index in [1.807, 2.05) is 34.0 Å². The highest BCUT2D eigenvalue weighted by Crippen LogP contribution is 2.32. The summed E-state index contributed by atoms with van der Waals surface area (Å²) in [5.74, 6) is 0.511. The first-order chi connectivity index (χ1) is 9.04. The van der Waals surface area contributed by atoms with Crippen LogP contribution in [0.25, 0.3) is 0 Å². The number of ether oxygens (including phenoxy) is 1. The molecule has 0 bridgehead atoms. The van der Waals surface area contributed by atoms with Crippen LogP contribution in [0.3, 0.4) is 0 Å². The molecule has 19 heavy (non-hydrogen) atoms. The van der Waals surface area contributed by atoms with E-state index >= 15 is 0 Å². The second kappa shape index (κ2) is 5.40. The van der Waals surface area contributed by atoms with Crippen molar-refractivity contribution in [3.05, 3.63) is 41.0 Å². The number of rotatable bonds is 4. The molecular formula is C14H18FN3O. The molecule has 0 aliphatic rings. The fourth-order valence-electron chi connectivity index (χ4n) is 2.00. The highest BCUT2D eigenvalue weighted by molar-refractivity contribution is 5.42. The number of hydrogen-bond donors (Lipinski definition) is 1. The molecule has 0 spiro atoms. The largest absolute Gasteiger partial charge is 0.450 e. The maximum atomic E-state index is 13.9. The minimum absolute atomic E-state index is 0.260. The van der Waals surface area contributed by atoms with E-state index in [2.05, 4.69) is 10.4 Å².